The second-order valence-corrected chi connectivity index (χ2v) is 1.98. The molecule has 0 aliphatic rings. The molecule has 3 nitrogen and oxygen atoms in total. The van der Waals surface area contributed by atoms with Gasteiger partial charge in [0, 0.05) is 20.8 Å². The Kier molecular flexibility index (Phi) is 7.02. The molecular formula is C6H15BO3. The second-order valence-electron chi connectivity index (χ2n) is 1.98. The predicted octanol–water partition coefficient (Wildman–Crippen LogP) is 1.08. The lowest BCUT2D eigenvalue weighted by molar-refractivity contribution is 0.134. The molecule has 0 aromatic rings. The highest BCUT2D eigenvalue weighted by molar-refractivity contribution is 6.36. The van der Waals surface area contributed by atoms with Crippen LogP contribution in [0.2, 0.25) is 0 Å². The van der Waals surface area contributed by atoms with E-state index in [0.717, 1.165) is 12.8 Å². The van der Waals surface area contributed by atoms with Crippen LogP contribution >= 0.6 is 0 Å². The zero-order valence-electron chi connectivity index (χ0n) is 6.92. The SMILES string of the molecule is CCCCOB(OC)OC. The Balaban J connectivity index is 3.09. The van der Waals surface area contributed by atoms with E-state index in [1.54, 1.807) is 14.2 Å². The number of hydrogen-bond acceptors (Lipinski definition) is 3. The Hall–Kier alpha value is -0.0551. The van der Waals surface area contributed by atoms with Crippen molar-refractivity contribution < 1.29 is 14.0 Å². The van der Waals surface area contributed by atoms with Crippen LogP contribution in [0.3, 0.4) is 0 Å². The van der Waals surface area contributed by atoms with E-state index in [0.29, 0.717) is 6.61 Å². The molecule has 0 aromatic carbocycles. The van der Waals surface area contributed by atoms with Gasteiger partial charge in [0.2, 0.25) is 0 Å². The Morgan fingerprint density at radius 3 is 2.20 bits per heavy atom. The molecule has 0 heterocycles. The molecule has 0 fully saturated rings. The number of rotatable bonds is 6. The highest BCUT2D eigenvalue weighted by atomic mass is 16.7. The maximum absolute atomic E-state index is 5.14. The third kappa shape index (κ3) is 4.79. The standard InChI is InChI=1S/C6H15BO3/c1-4-5-6-10-7(8-2)9-3/h4-6H2,1-3H3. The molecule has 0 aliphatic carbocycles. The number of hydrogen-bond donors (Lipinski definition) is 0. The second kappa shape index (κ2) is 7.06. The van der Waals surface area contributed by atoms with E-state index in [2.05, 4.69) is 6.92 Å². The molecular weight excluding hydrogens is 131 g/mol. The first kappa shape index (κ1) is 9.94. The fourth-order valence-corrected chi connectivity index (χ4v) is 0.556. The number of unbranched alkanes of at least 4 members (excludes halogenated alkanes) is 1. The minimum absolute atomic E-state index is 0.494. The van der Waals surface area contributed by atoms with E-state index in [9.17, 15) is 0 Å². The van der Waals surface area contributed by atoms with E-state index < -0.39 is 7.32 Å². The normalized spacial score (nSPS) is 9.90. The quantitative estimate of drug-likeness (QED) is 0.414. The van der Waals surface area contributed by atoms with Gasteiger partial charge in [0.05, 0.1) is 0 Å². The van der Waals surface area contributed by atoms with E-state index in [1.807, 2.05) is 0 Å². The lowest BCUT2D eigenvalue weighted by Gasteiger charge is -2.07. The van der Waals surface area contributed by atoms with Gasteiger partial charge in [-0.3, -0.25) is 0 Å². The summed E-state index contributed by atoms with van der Waals surface area (Å²) < 4.78 is 14.7. The van der Waals surface area contributed by atoms with Crippen LogP contribution in [0.1, 0.15) is 19.8 Å². The van der Waals surface area contributed by atoms with Crippen molar-refractivity contribution in [2.45, 2.75) is 19.8 Å². The Bertz CT molecular complexity index is 66.0. The van der Waals surface area contributed by atoms with E-state index in [-0.39, 0.29) is 0 Å². The molecule has 0 atom stereocenters. The van der Waals surface area contributed by atoms with Crippen molar-refractivity contribution in [3.8, 4) is 0 Å². The van der Waals surface area contributed by atoms with Crippen LogP contribution in [0.25, 0.3) is 0 Å². The summed E-state index contributed by atoms with van der Waals surface area (Å²) in [4.78, 5) is 0. The van der Waals surface area contributed by atoms with Gasteiger partial charge in [0.25, 0.3) is 0 Å². The van der Waals surface area contributed by atoms with Gasteiger partial charge in [0.1, 0.15) is 0 Å². The van der Waals surface area contributed by atoms with Gasteiger partial charge in [0.15, 0.2) is 0 Å². The molecule has 0 aromatic heterocycles. The Morgan fingerprint density at radius 1 is 1.20 bits per heavy atom. The lowest BCUT2D eigenvalue weighted by atomic mass is 10.2. The molecule has 0 saturated carbocycles. The summed E-state index contributed by atoms with van der Waals surface area (Å²) in [6, 6.07) is 0. The molecule has 0 radical (unpaired) electrons. The molecule has 60 valence electrons. The predicted molar refractivity (Wildman–Crippen MR) is 40.6 cm³/mol. The van der Waals surface area contributed by atoms with Gasteiger partial charge in [-0.1, -0.05) is 13.3 Å². The van der Waals surface area contributed by atoms with Crippen molar-refractivity contribution in [3.05, 3.63) is 0 Å². The average Bonchev–Trinajstić information content (AvgIpc) is 1.99. The molecule has 0 amide bonds. The first-order valence-electron chi connectivity index (χ1n) is 3.52. The summed E-state index contributed by atoms with van der Waals surface area (Å²) in [7, 11) is 2.62. The maximum atomic E-state index is 5.14. The molecule has 0 unspecified atom stereocenters. The zero-order valence-corrected chi connectivity index (χ0v) is 6.92. The summed E-state index contributed by atoms with van der Waals surface area (Å²) in [5, 5.41) is 0. The summed E-state index contributed by atoms with van der Waals surface area (Å²) >= 11 is 0. The van der Waals surface area contributed by atoms with Crippen molar-refractivity contribution in [1.82, 2.24) is 0 Å². The largest absolute Gasteiger partial charge is 0.639 e. The van der Waals surface area contributed by atoms with Crippen molar-refractivity contribution in [3.63, 3.8) is 0 Å². The molecule has 0 aliphatic heterocycles. The molecule has 0 rings (SSSR count). The summed E-state index contributed by atoms with van der Waals surface area (Å²) in [6.45, 7) is 2.81. The lowest BCUT2D eigenvalue weighted by Crippen LogP contribution is -2.24. The maximum Gasteiger partial charge on any atom is 0.639 e. The molecule has 0 spiro atoms. The van der Waals surface area contributed by atoms with E-state index in [1.165, 1.54) is 0 Å². The van der Waals surface area contributed by atoms with Gasteiger partial charge in [-0.15, -0.1) is 0 Å². The van der Waals surface area contributed by atoms with Crippen LogP contribution in [0, 0.1) is 0 Å². The summed E-state index contributed by atoms with van der Waals surface area (Å²) in [5.41, 5.74) is 0. The van der Waals surface area contributed by atoms with Gasteiger partial charge in [-0.25, -0.2) is 0 Å². The minimum atomic E-state index is -0.494. The van der Waals surface area contributed by atoms with Crippen LogP contribution < -0.4 is 0 Å². The van der Waals surface area contributed by atoms with Crippen LogP contribution in [-0.4, -0.2) is 28.1 Å². The summed E-state index contributed by atoms with van der Waals surface area (Å²) in [6.07, 6.45) is 2.17. The van der Waals surface area contributed by atoms with Gasteiger partial charge in [-0.05, 0) is 6.42 Å². The highest BCUT2D eigenvalue weighted by Crippen LogP contribution is 1.92. The topological polar surface area (TPSA) is 27.7 Å². The Morgan fingerprint density at radius 2 is 1.80 bits per heavy atom. The third-order valence-electron chi connectivity index (χ3n) is 1.14. The van der Waals surface area contributed by atoms with Crippen molar-refractivity contribution in [2.24, 2.45) is 0 Å². The van der Waals surface area contributed by atoms with Gasteiger partial charge in [-0.2, -0.15) is 0 Å². The molecule has 0 N–H and O–H groups in total. The van der Waals surface area contributed by atoms with Crippen LogP contribution in [-0.2, 0) is 14.0 Å². The fraction of sp³-hybridized carbons (Fsp3) is 1.00. The highest BCUT2D eigenvalue weighted by Gasteiger charge is 2.15. The molecule has 10 heavy (non-hydrogen) atoms. The van der Waals surface area contributed by atoms with Crippen LogP contribution in [0.15, 0.2) is 0 Å². The molecule has 0 saturated heterocycles. The third-order valence-corrected chi connectivity index (χ3v) is 1.14. The van der Waals surface area contributed by atoms with Gasteiger partial charge < -0.3 is 14.0 Å². The first-order chi connectivity index (χ1) is 4.85. The van der Waals surface area contributed by atoms with Crippen molar-refractivity contribution >= 4 is 7.32 Å². The Labute approximate surface area is 62.8 Å². The average molecular weight is 146 g/mol. The minimum Gasteiger partial charge on any atom is -0.389 e. The van der Waals surface area contributed by atoms with E-state index >= 15 is 0 Å². The first-order valence-corrected chi connectivity index (χ1v) is 3.52. The fourth-order valence-electron chi connectivity index (χ4n) is 0.556. The van der Waals surface area contributed by atoms with Crippen molar-refractivity contribution in [2.75, 3.05) is 20.8 Å². The van der Waals surface area contributed by atoms with Crippen LogP contribution in [0.5, 0.6) is 0 Å². The molecule has 4 heteroatoms. The van der Waals surface area contributed by atoms with E-state index in [4.69, 9.17) is 14.0 Å². The monoisotopic (exact) mass is 146 g/mol. The summed E-state index contributed by atoms with van der Waals surface area (Å²) in [5.74, 6) is 0. The van der Waals surface area contributed by atoms with Crippen LogP contribution in [0.4, 0.5) is 0 Å². The van der Waals surface area contributed by atoms with Crippen molar-refractivity contribution in [1.29, 1.82) is 0 Å². The zero-order chi connectivity index (χ0) is 7.82. The molecule has 0 bridgehead atoms. The van der Waals surface area contributed by atoms with Gasteiger partial charge >= 0.3 is 7.32 Å². The smallest absolute Gasteiger partial charge is 0.389 e.